The van der Waals surface area contributed by atoms with Gasteiger partial charge in [-0.15, -0.1) is 0 Å². The van der Waals surface area contributed by atoms with Gasteiger partial charge in [0, 0.05) is 43.8 Å². The summed E-state index contributed by atoms with van der Waals surface area (Å²) in [4.78, 5) is 32.3. The van der Waals surface area contributed by atoms with Crippen LogP contribution in [-0.4, -0.2) is 64.3 Å². The van der Waals surface area contributed by atoms with Crippen LogP contribution in [-0.2, 0) is 4.74 Å². The first-order valence-corrected chi connectivity index (χ1v) is 11.5. The SMILES string of the molecule is Cc1cnc(C(=O)NC2CCC(Oc3nc(N4CCOCC4)cc4ncccc34)CC2)nc1. The highest BCUT2D eigenvalue weighted by Gasteiger charge is 2.26. The van der Waals surface area contributed by atoms with E-state index in [1.807, 2.05) is 25.1 Å². The van der Waals surface area contributed by atoms with Gasteiger partial charge in [0.05, 0.1) is 24.1 Å². The van der Waals surface area contributed by atoms with Crippen molar-refractivity contribution < 1.29 is 14.3 Å². The summed E-state index contributed by atoms with van der Waals surface area (Å²) < 4.78 is 11.9. The van der Waals surface area contributed by atoms with E-state index in [9.17, 15) is 4.79 Å². The Labute approximate surface area is 192 Å². The van der Waals surface area contributed by atoms with Gasteiger partial charge in [0.2, 0.25) is 11.7 Å². The first-order chi connectivity index (χ1) is 16.2. The number of fused-ring (bicyclic) bond motifs is 1. The van der Waals surface area contributed by atoms with Gasteiger partial charge in [0.25, 0.3) is 5.91 Å². The maximum absolute atomic E-state index is 12.4. The zero-order valence-corrected chi connectivity index (χ0v) is 18.7. The predicted molar refractivity (Wildman–Crippen MR) is 123 cm³/mol. The standard InChI is InChI=1S/C24H28N6O3/c1-16-14-26-22(27-15-16)23(31)28-17-4-6-18(7-5-17)33-24-19-3-2-8-25-20(19)13-21(29-24)30-9-11-32-12-10-30/h2-3,8,13-15,17-18H,4-7,9-12H2,1H3,(H,28,31). The van der Waals surface area contributed by atoms with Gasteiger partial charge in [-0.1, -0.05) is 0 Å². The Kier molecular flexibility index (Phi) is 6.30. The number of rotatable bonds is 5. The van der Waals surface area contributed by atoms with Crippen LogP contribution in [0, 0.1) is 6.92 Å². The molecule has 1 N–H and O–H groups in total. The van der Waals surface area contributed by atoms with Crippen molar-refractivity contribution in [2.24, 2.45) is 0 Å². The van der Waals surface area contributed by atoms with Gasteiger partial charge in [0.15, 0.2) is 0 Å². The van der Waals surface area contributed by atoms with Crippen LogP contribution in [0.2, 0.25) is 0 Å². The summed E-state index contributed by atoms with van der Waals surface area (Å²) in [5.74, 6) is 1.49. The molecule has 0 aromatic carbocycles. The third-order valence-electron chi connectivity index (χ3n) is 6.16. The van der Waals surface area contributed by atoms with Crippen molar-refractivity contribution in [3.63, 3.8) is 0 Å². The number of aromatic nitrogens is 4. The number of aryl methyl sites for hydroxylation is 1. The lowest BCUT2D eigenvalue weighted by molar-refractivity contribution is 0.0881. The quantitative estimate of drug-likeness (QED) is 0.636. The first kappa shape index (κ1) is 21.5. The second kappa shape index (κ2) is 9.66. The molecule has 9 heteroatoms. The van der Waals surface area contributed by atoms with E-state index in [0.29, 0.717) is 19.1 Å². The first-order valence-electron chi connectivity index (χ1n) is 11.5. The van der Waals surface area contributed by atoms with Crippen molar-refractivity contribution in [1.29, 1.82) is 0 Å². The fourth-order valence-electron chi connectivity index (χ4n) is 4.32. The Morgan fingerprint density at radius 1 is 1.12 bits per heavy atom. The number of carbonyl (C=O) groups excluding carboxylic acids is 1. The van der Waals surface area contributed by atoms with Crippen LogP contribution in [0.4, 0.5) is 5.82 Å². The van der Waals surface area contributed by atoms with Crippen molar-refractivity contribution >= 4 is 22.6 Å². The van der Waals surface area contributed by atoms with Crippen LogP contribution in [0.25, 0.3) is 10.9 Å². The average molecular weight is 449 g/mol. The van der Waals surface area contributed by atoms with Crippen LogP contribution in [0.15, 0.2) is 36.8 Å². The monoisotopic (exact) mass is 448 g/mol. The molecular weight excluding hydrogens is 420 g/mol. The molecule has 0 radical (unpaired) electrons. The van der Waals surface area contributed by atoms with Gasteiger partial charge in [-0.05, 0) is 50.3 Å². The smallest absolute Gasteiger partial charge is 0.289 e. The molecule has 33 heavy (non-hydrogen) atoms. The number of ether oxygens (including phenoxy) is 2. The molecule has 1 saturated carbocycles. The molecule has 0 unspecified atom stereocenters. The molecule has 4 heterocycles. The molecule has 0 atom stereocenters. The number of anilines is 1. The van der Waals surface area contributed by atoms with E-state index in [4.69, 9.17) is 14.5 Å². The molecule has 2 fully saturated rings. The van der Waals surface area contributed by atoms with Gasteiger partial charge in [0.1, 0.15) is 11.9 Å². The number of carbonyl (C=O) groups is 1. The number of hydrogen-bond donors (Lipinski definition) is 1. The maximum Gasteiger partial charge on any atom is 0.289 e. The lowest BCUT2D eigenvalue weighted by Crippen LogP contribution is -2.40. The lowest BCUT2D eigenvalue weighted by atomic mass is 9.93. The summed E-state index contributed by atoms with van der Waals surface area (Å²) >= 11 is 0. The summed E-state index contributed by atoms with van der Waals surface area (Å²) in [5.41, 5.74) is 1.81. The van der Waals surface area contributed by atoms with Crippen LogP contribution in [0.3, 0.4) is 0 Å². The van der Waals surface area contributed by atoms with Crippen molar-refractivity contribution in [3.8, 4) is 5.88 Å². The summed E-state index contributed by atoms with van der Waals surface area (Å²) in [5, 5.41) is 3.98. The molecule has 172 valence electrons. The number of amides is 1. The Bertz CT molecular complexity index is 1110. The van der Waals surface area contributed by atoms with Crippen LogP contribution >= 0.6 is 0 Å². The van der Waals surface area contributed by atoms with Crippen LogP contribution in [0.1, 0.15) is 41.9 Å². The van der Waals surface area contributed by atoms with Gasteiger partial charge in [-0.2, -0.15) is 4.98 Å². The summed E-state index contributed by atoms with van der Waals surface area (Å²) in [7, 11) is 0. The third kappa shape index (κ3) is 5.03. The van der Waals surface area contributed by atoms with E-state index >= 15 is 0 Å². The molecule has 0 spiro atoms. The molecule has 0 bridgehead atoms. The van der Waals surface area contributed by atoms with Crippen molar-refractivity contribution in [2.75, 3.05) is 31.2 Å². The molecule has 1 amide bonds. The molecule has 1 aliphatic carbocycles. The zero-order valence-electron chi connectivity index (χ0n) is 18.7. The summed E-state index contributed by atoms with van der Waals surface area (Å²) in [6, 6.07) is 6.02. The van der Waals surface area contributed by atoms with Gasteiger partial charge in [-0.3, -0.25) is 9.78 Å². The second-order valence-corrected chi connectivity index (χ2v) is 8.60. The minimum Gasteiger partial charge on any atom is -0.474 e. The van der Waals surface area contributed by atoms with E-state index in [0.717, 1.165) is 61.1 Å². The molecule has 5 rings (SSSR count). The molecular formula is C24H28N6O3. The highest BCUT2D eigenvalue weighted by molar-refractivity contribution is 5.90. The minimum absolute atomic E-state index is 0.0459. The Hall–Kier alpha value is -3.33. The summed E-state index contributed by atoms with van der Waals surface area (Å²) in [6.45, 7) is 4.90. The fourth-order valence-corrected chi connectivity index (χ4v) is 4.32. The van der Waals surface area contributed by atoms with Gasteiger partial charge >= 0.3 is 0 Å². The molecule has 1 aliphatic heterocycles. The van der Waals surface area contributed by atoms with Gasteiger partial charge in [-0.25, -0.2) is 9.97 Å². The Morgan fingerprint density at radius 3 is 2.64 bits per heavy atom. The topological polar surface area (TPSA) is 102 Å². The normalized spacial score (nSPS) is 21.1. The lowest BCUT2D eigenvalue weighted by Gasteiger charge is -2.30. The third-order valence-corrected chi connectivity index (χ3v) is 6.16. The number of pyridine rings is 2. The molecule has 2 aliphatic rings. The number of nitrogens with one attached hydrogen (secondary N) is 1. The fraction of sp³-hybridized carbons (Fsp3) is 0.458. The minimum atomic E-state index is -0.226. The Morgan fingerprint density at radius 2 is 1.88 bits per heavy atom. The van der Waals surface area contributed by atoms with E-state index in [1.54, 1.807) is 18.6 Å². The molecule has 3 aromatic rings. The van der Waals surface area contributed by atoms with Gasteiger partial charge < -0.3 is 19.7 Å². The van der Waals surface area contributed by atoms with E-state index in [2.05, 4.69) is 25.2 Å². The number of hydrogen-bond acceptors (Lipinski definition) is 8. The van der Waals surface area contributed by atoms with Crippen molar-refractivity contribution in [2.45, 2.75) is 44.8 Å². The van der Waals surface area contributed by atoms with Crippen molar-refractivity contribution in [1.82, 2.24) is 25.3 Å². The van der Waals surface area contributed by atoms with E-state index in [1.165, 1.54) is 0 Å². The molecule has 1 saturated heterocycles. The van der Waals surface area contributed by atoms with E-state index in [-0.39, 0.29) is 23.9 Å². The number of nitrogens with zero attached hydrogens (tertiary/aromatic N) is 5. The average Bonchev–Trinajstić information content (AvgIpc) is 2.86. The Balaban J connectivity index is 1.24. The maximum atomic E-state index is 12.4. The van der Waals surface area contributed by atoms with Crippen LogP contribution < -0.4 is 15.0 Å². The highest BCUT2D eigenvalue weighted by atomic mass is 16.5. The van der Waals surface area contributed by atoms with Crippen molar-refractivity contribution in [3.05, 3.63) is 48.2 Å². The summed E-state index contributed by atoms with van der Waals surface area (Å²) in [6.07, 6.45) is 8.50. The molecule has 9 nitrogen and oxygen atoms in total. The zero-order chi connectivity index (χ0) is 22.6. The van der Waals surface area contributed by atoms with E-state index < -0.39 is 0 Å². The molecule has 3 aromatic heterocycles. The predicted octanol–water partition coefficient (Wildman–Crippen LogP) is 2.68. The second-order valence-electron chi connectivity index (χ2n) is 8.60. The number of morpholine rings is 1. The largest absolute Gasteiger partial charge is 0.474 e. The van der Waals surface area contributed by atoms with Crippen LogP contribution in [0.5, 0.6) is 5.88 Å². The highest BCUT2D eigenvalue weighted by Crippen LogP contribution is 2.31.